The summed E-state index contributed by atoms with van der Waals surface area (Å²) in [4.78, 5) is 36.5. The Labute approximate surface area is 152 Å². The number of pyridine rings is 1. The maximum atomic E-state index is 12.6. The smallest absolute Gasteiger partial charge is 0.319 e. The van der Waals surface area contributed by atoms with Gasteiger partial charge in [0.05, 0.1) is 0 Å². The molecular formula is C18H24N6O2. The highest BCUT2D eigenvalue weighted by Gasteiger charge is 2.25. The highest BCUT2D eigenvalue weighted by molar-refractivity contribution is 5.92. The van der Waals surface area contributed by atoms with E-state index in [2.05, 4.69) is 15.3 Å². The van der Waals surface area contributed by atoms with Crippen LogP contribution in [0.2, 0.25) is 0 Å². The Bertz CT molecular complexity index is 779. The van der Waals surface area contributed by atoms with E-state index < -0.39 is 0 Å². The molecule has 138 valence electrons. The molecule has 0 aromatic carbocycles. The van der Waals surface area contributed by atoms with Gasteiger partial charge in [-0.05, 0) is 37.5 Å². The first kappa shape index (κ1) is 17.9. The first-order valence-corrected chi connectivity index (χ1v) is 8.68. The van der Waals surface area contributed by atoms with Gasteiger partial charge in [0.2, 0.25) is 0 Å². The van der Waals surface area contributed by atoms with Gasteiger partial charge in [0, 0.05) is 45.6 Å². The van der Waals surface area contributed by atoms with Crippen molar-refractivity contribution in [3.8, 4) is 5.82 Å². The molecule has 0 radical (unpaired) electrons. The molecule has 1 fully saturated rings. The monoisotopic (exact) mass is 356 g/mol. The zero-order valence-corrected chi connectivity index (χ0v) is 15.3. The minimum absolute atomic E-state index is 0.0140. The largest absolute Gasteiger partial charge is 0.348 e. The summed E-state index contributed by atoms with van der Waals surface area (Å²) in [7, 11) is 3.49. The van der Waals surface area contributed by atoms with Crippen molar-refractivity contribution in [2.24, 2.45) is 0 Å². The highest BCUT2D eigenvalue weighted by Crippen LogP contribution is 2.14. The lowest BCUT2D eigenvalue weighted by Gasteiger charge is -2.33. The molecule has 26 heavy (non-hydrogen) atoms. The molecule has 0 spiro atoms. The van der Waals surface area contributed by atoms with Crippen LogP contribution in [0.5, 0.6) is 0 Å². The molecule has 1 aliphatic rings. The van der Waals surface area contributed by atoms with E-state index in [0.717, 1.165) is 18.4 Å². The number of aryl methyl sites for hydroxylation is 1. The van der Waals surface area contributed by atoms with Crippen LogP contribution in [0.1, 0.15) is 28.9 Å². The highest BCUT2D eigenvalue weighted by atomic mass is 16.2. The van der Waals surface area contributed by atoms with Gasteiger partial charge in [-0.2, -0.15) is 0 Å². The predicted octanol–water partition coefficient (Wildman–Crippen LogP) is 1.45. The molecule has 0 unspecified atom stereocenters. The van der Waals surface area contributed by atoms with E-state index >= 15 is 0 Å². The van der Waals surface area contributed by atoms with Crippen molar-refractivity contribution in [2.45, 2.75) is 25.8 Å². The predicted molar refractivity (Wildman–Crippen MR) is 97.2 cm³/mol. The molecule has 1 aliphatic heterocycles. The van der Waals surface area contributed by atoms with Gasteiger partial charge in [-0.25, -0.2) is 14.8 Å². The van der Waals surface area contributed by atoms with Gasteiger partial charge in [-0.15, -0.1) is 0 Å². The number of hydrogen-bond acceptors (Lipinski definition) is 4. The number of rotatable bonds is 3. The third-order valence-electron chi connectivity index (χ3n) is 4.44. The normalized spacial score (nSPS) is 15.0. The summed E-state index contributed by atoms with van der Waals surface area (Å²) in [6, 6.07) is 3.75. The van der Waals surface area contributed by atoms with Crippen LogP contribution in [0.15, 0.2) is 30.9 Å². The van der Waals surface area contributed by atoms with Gasteiger partial charge in [-0.1, -0.05) is 0 Å². The lowest BCUT2D eigenvalue weighted by atomic mass is 10.0. The lowest BCUT2D eigenvalue weighted by Crippen LogP contribution is -2.49. The number of aromatic nitrogens is 3. The summed E-state index contributed by atoms with van der Waals surface area (Å²) in [5.41, 5.74) is 1.35. The van der Waals surface area contributed by atoms with Gasteiger partial charge in [0.25, 0.3) is 5.91 Å². The number of amides is 3. The average molecular weight is 356 g/mol. The van der Waals surface area contributed by atoms with Crippen LogP contribution in [-0.4, -0.2) is 69.5 Å². The summed E-state index contributed by atoms with van der Waals surface area (Å²) in [5, 5.41) is 3.05. The second kappa shape index (κ2) is 7.55. The van der Waals surface area contributed by atoms with Crippen LogP contribution in [0.3, 0.4) is 0 Å². The average Bonchev–Trinajstić information content (AvgIpc) is 3.16. The lowest BCUT2D eigenvalue weighted by molar-refractivity contribution is 0.0909. The third kappa shape index (κ3) is 4.01. The number of hydrogen-bond donors (Lipinski definition) is 1. The van der Waals surface area contributed by atoms with Crippen LogP contribution >= 0.6 is 0 Å². The maximum absolute atomic E-state index is 12.6. The number of carbonyl (C=O) groups is 2. The van der Waals surface area contributed by atoms with Crippen molar-refractivity contribution in [1.29, 1.82) is 0 Å². The van der Waals surface area contributed by atoms with Crippen LogP contribution in [0.4, 0.5) is 4.79 Å². The van der Waals surface area contributed by atoms with Gasteiger partial charge >= 0.3 is 6.03 Å². The molecule has 0 aliphatic carbocycles. The quantitative estimate of drug-likeness (QED) is 0.902. The molecule has 3 amide bonds. The Morgan fingerprint density at radius 1 is 1.23 bits per heavy atom. The second-order valence-corrected chi connectivity index (χ2v) is 6.77. The fraction of sp³-hybridized carbons (Fsp3) is 0.444. The molecule has 2 aromatic heterocycles. The molecule has 1 N–H and O–H groups in total. The molecule has 8 nitrogen and oxygen atoms in total. The van der Waals surface area contributed by atoms with Crippen molar-refractivity contribution in [3.63, 3.8) is 0 Å². The number of urea groups is 1. The van der Waals surface area contributed by atoms with E-state index in [0.29, 0.717) is 24.6 Å². The van der Waals surface area contributed by atoms with E-state index in [1.165, 1.54) is 0 Å². The van der Waals surface area contributed by atoms with E-state index in [1.54, 1.807) is 48.3 Å². The number of carbonyl (C=O) groups excluding carboxylic acids is 2. The van der Waals surface area contributed by atoms with Gasteiger partial charge in [-0.3, -0.25) is 9.36 Å². The molecular weight excluding hydrogens is 332 g/mol. The van der Waals surface area contributed by atoms with Crippen LogP contribution < -0.4 is 5.32 Å². The zero-order chi connectivity index (χ0) is 18.7. The summed E-state index contributed by atoms with van der Waals surface area (Å²) >= 11 is 0. The minimum Gasteiger partial charge on any atom is -0.348 e. The molecule has 2 aromatic rings. The Morgan fingerprint density at radius 2 is 1.96 bits per heavy atom. The topological polar surface area (TPSA) is 83.4 Å². The Kier molecular flexibility index (Phi) is 5.20. The summed E-state index contributed by atoms with van der Waals surface area (Å²) < 4.78 is 1.77. The minimum atomic E-state index is -0.188. The summed E-state index contributed by atoms with van der Waals surface area (Å²) in [6.07, 6.45) is 6.60. The zero-order valence-electron chi connectivity index (χ0n) is 15.3. The first-order chi connectivity index (χ1) is 12.4. The summed E-state index contributed by atoms with van der Waals surface area (Å²) in [5.74, 6) is 0.478. The SMILES string of the molecule is Cc1cc(C(=O)NC2CCN(C(=O)N(C)C)CC2)nc(-n2ccnc2)c1. The molecule has 3 rings (SSSR count). The van der Waals surface area contributed by atoms with Crippen molar-refractivity contribution in [2.75, 3.05) is 27.2 Å². The molecule has 8 heteroatoms. The Hall–Kier alpha value is -2.90. The van der Waals surface area contributed by atoms with E-state index in [9.17, 15) is 9.59 Å². The number of nitrogens with one attached hydrogen (secondary N) is 1. The molecule has 0 saturated carbocycles. The van der Waals surface area contributed by atoms with Crippen LogP contribution in [-0.2, 0) is 0 Å². The van der Waals surface area contributed by atoms with Crippen molar-refractivity contribution in [3.05, 3.63) is 42.1 Å². The number of imidazole rings is 1. The number of piperidine rings is 1. The van der Waals surface area contributed by atoms with Gasteiger partial charge in [0.1, 0.15) is 17.8 Å². The molecule has 3 heterocycles. The van der Waals surface area contributed by atoms with Crippen LogP contribution in [0.25, 0.3) is 5.82 Å². The fourth-order valence-corrected chi connectivity index (χ4v) is 3.05. The maximum Gasteiger partial charge on any atom is 0.319 e. The van der Waals surface area contributed by atoms with Crippen molar-refractivity contribution >= 4 is 11.9 Å². The molecule has 0 atom stereocenters. The van der Waals surface area contributed by atoms with Gasteiger partial charge in [0.15, 0.2) is 0 Å². The van der Waals surface area contributed by atoms with Crippen LogP contribution in [0, 0.1) is 6.92 Å². The van der Waals surface area contributed by atoms with Gasteiger partial charge < -0.3 is 15.1 Å². The molecule has 0 bridgehead atoms. The standard InChI is InChI=1S/C18H24N6O2/c1-13-10-15(21-16(11-13)24-9-6-19-12-24)17(25)20-14-4-7-23(8-5-14)18(26)22(2)3/h6,9-12,14H,4-5,7-8H2,1-3H3,(H,20,25). The summed E-state index contributed by atoms with van der Waals surface area (Å²) in [6.45, 7) is 3.22. The molecule has 1 saturated heterocycles. The third-order valence-corrected chi connectivity index (χ3v) is 4.44. The van der Waals surface area contributed by atoms with Crippen molar-refractivity contribution < 1.29 is 9.59 Å². The second-order valence-electron chi connectivity index (χ2n) is 6.77. The Morgan fingerprint density at radius 3 is 2.58 bits per heavy atom. The Balaban J connectivity index is 1.63. The first-order valence-electron chi connectivity index (χ1n) is 8.68. The fourth-order valence-electron chi connectivity index (χ4n) is 3.05. The van der Waals surface area contributed by atoms with Crippen molar-refractivity contribution in [1.82, 2.24) is 29.7 Å². The van der Waals surface area contributed by atoms with E-state index in [-0.39, 0.29) is 18.0 Å². The van der Waals surface area contributed by atoms with E-state index in [1.807, 2.05) is 17.9 Å². The number of likely N-dealkylation sites (tertiary alicyclic amines) is 1. The van der Waals surface area contributed by atoms with E-state index in [4.69, 9.17) is 0 Å². The number of nitrogens with zero attached hydrogens (tertiary/aromatic N) is 5.